The van der Waals surface area contributed by atoms with Crippen LogP contribution in [0.3, 0.4) is 0 Å². The van der Waals surface area contributed by atoms with E-state index >= 15 is 0 Å². The van der Waals surface area contributed by atoms with E-state index in [0.717, 1.165) is 24.7 Å². The molecule has 2 aliphatic heterocycles. The quantitative estimate of drug-likeness (QED) is 0.856. The second-order valence-corrected chi connectivity index (χ2v) is 6.21. The largest absolute Gasteiger partial charge is 0.370 e. The highest BCUT2D eigenvalue weighted by molar-refractivity contribution is 5.59. The third kappa shape index (κ3) is 3.36. The number of nitrogens with zero attached hydrogens (tertiary/aromatic N) is 3. The van der Waals surface area contributed by atoms with Crippen LogP contribution < -0.4 is 4.90 Å². The minimum absolute atomic E-state index is 0.334. The van der Waals surface area contributed by atoms with Crippen molar-refractivity contribution in [2.75, 3.05) is 37.6 Å². The number of hydrogen-bond acceptors (Lipinski definition) is 3. The molecule has 2 saturated heterocycles. The molecule has 0 saturated carbocycles. The van der Waals surface area contributed by atoms with E-state index in [1.165, 1.54) is 57.5 Å². The number of nitriles is 1. The van der Waals surface area contributed by atoms with Crippen LogP contribution in [0.25, 0.3) is 0 Å². The normalized spacial score (nSPS) is 20.7. The minimum Gasteiger partial charge on any atom is -0.370 e. The van der Waals surface area contributed by atoms with Crippen molar-refractivity contribution in [2.45, 2.75) is 25.7 Å². The van der Waals surface area contributed by atoms with Crippen LogP contribution in [0.5, 0.6) is 0 Å². The van der Waals surface area contributed by atoms with Gasteiger partial charge in [-0.25, -0.2) is 4.39 Å². The Bertz CT molecular complexity index is 523. The van der Waals surface area contributed by atoms with Crippen molar-refractivity contribution in [3.8, 4) is 6.07 Å². The molecule has 0 amide bonds. The summed E-state index contributed by atoms with van der Waals surface area (Å²) in [5.74, 6) is 0.435. The SMILES string of the molecule is N#Cc1cc(F)ccc1N1CCC(CN2CCCC2)CC1. The number of rotatable bonds is 3. The van der Waals surface area contributed by atoms with Crippen LogP contribution in [0.1, 0.15) is 31.2 Å². The topological polar surface area (TPSA) is 30.3 Å². The van der Waals surface area contributed by atoms with Crippen LogP contribution in [0, 0.1) is 23.1 Å². The highest BCUT2D eigenvalue weighted by atomic mass is 19.1. The average molecular weight is 287 g/mol. The summed E-state index contributed by atoms with van der Waals surface area (Å²) in [6.07, 6.45) is 5.03. The van der Waals surface area contributed by atoms with Gasteiger partial charge in [0.1, 0.15) is 11.9 Å². The molecule has 0 atom stereocenters. The minimum atomic E-state index is -0.334. The number of likely N-dealkylation sites (tertiary alicyclic amines) is 1. The van der Waals surface area contributed by atoms with E-state index < -0.39 is 0 Å². The van der Waals surface area contributed by atoms with Crippen LogP contribution in [0.15, 0.2) is 18.2 Å². The lowest BCUT2D eigenvalue weighted by Crippen LogP contribution is -2.38. The number of halogens is 1. The van der Waals surface area contributed by atoms with E-state index in [1.807, 2.05) is 0 Å². The van der Waals surface area contributed by atoms with Gasteiger partial charge in [0, 0.05) is 19.6 Å². The van der Waals surface area contributed by atoms with Crippen molar-refractivity contribution >= 4 is 5.69 Å². The lowest BCUT2D eigenvalue weighted by molar-refractivity contribution is 0.249. The first-order chi connectivity index (χ1) is 10.3. The zero-order chi connectivity index (χ0) is 14.7. The van der Waals surface area contributed by atoms with Gasteiger partial charge in [0.05, 0.1) is 11.3 Å². The number of piperidine rings is 1. The predicted octanol–water partition coefficient (Wildman–Crippen LogP) is 3.01. The summed E-state index contributed by atoms with van der Waals surface area (Å²) in [4.78, 5) is 4.82. The molecule has 0 aromatic heterocycles. The van der Waals surface area contributed by atoms with Gasteiger partial charge in [0.2, 0.25) is 0 Å². The summed E-state index contributed by atoms with van der Waals surface area (Å²) in [6.45, 7) is 5.69. The van der Waals surface area contributed by atoms with Gasteiger partial charge < -0.3 is 9.80 Å². The van der Waals surface area contributed by atoms with Gasteiger partial charge in [-0.05, 0) is 62.9 Å². The molecular formula is C17H22FN3. The molecular weight excluding hydrogens is 265 g/mol. The maximum Gasteiger partial charge on any atom is 0.124 e. The van der Waals surface area contributed by atoms with Gasteiger partial charge in [0.25, 0.3) is 0 Å². The van der Waals surface area contributed by atoms with E-state index in [4.69, 9.17) is 5.26 Å². The van der Waals surface area contributed by atoms with Gasteiger partial charge in [-0.2, -0.15) is 5.26 Å². The Hall–Kier alpha value is -1.60. The molecule has 2 fully saturated rings. The smallest absolute Gasteiger partial charge is 0.124 e. The van der Waals surface area contributed by atoms with Crippen LogP contribution >= 0.6 is 0 Å². The molecule has 0 aliphatic carbocycles. The Morgan fingerprint density at radius 3 is 2.52 bits per heavy atom. The van der Waals surface area contributed by atoms with Gasteiger partial charge in [-0.1, -0.05) is 0 Å². The highest BCUT2D eigenvalue weighted by Gasteiger charge is 2.24. The van der Waals surface area contributed by atoms with Gasteiger partial charge in [0.15, 0.2) is 0 Å². The van der Waals surface area contributed by atoms with E-state index in [-0.39, 0.29) is 5.82 Å². The molecule has 112 valence electrons. The van der Waals surface area contributed by atoms with Crippen molar-refractivity contribution in [2.24, 2.45) is 5.92 Å². The average Bonchev–Trinajstić information content (AvgIpc) is 3.01. The predicted molar refractivity (Wildman–Crippen MR) is 81.7 cm³/mol. The van der Waals surface area contributed by atoms with Crippen molar-refractivity contribution in [3.63, 3.8) is 0 Å². The number of benzene rings is 1. The molecule has 4 heteroatoms. The summed E-state index contributed by atoms with van der Waals surface area (Å²) in [5, 5.41) is 9.17. The molecule has 1 aromatic rings. The lowest BCUT2D eigenvalue weighted by Gasteiger charge is -2.35. The van der Waals surface area contributed by atoms with E-state index in [1.54, 1.807) is 6.07 Å². The Kier molecular flexibility index (Phi) is 4.40. The first-order valence-corrected chi connectivity index (χ1v) is 7.93. The van der Waals surface area contributed by atoms with E-state index in [9.17, 15) is 4.39 Å². The molecule has 3 rings (SSSR count). The Labute approximate surface area is 126 Å². The molecule has 1 aromatic carbocycles. The molecule has 0 bridgehead atoms. The molecule has 0 N–H and O–H groups in total. The van der Waals surface area contributed by atoms with Crippen molar-refractivity contribution in [1.29, 1.82) is 5.26 Å². The zero-order valence-electron chi connectivity index (χ0n) is 12.4. The van der Waals surface area contributed by atoms with E-state index in [0.29, 0.717) is 5.56 Å². The second-order valence-electron chi connectivity index (χ2n) is 6.21. The van der Waals surface area contributed by atoms with Crippen molar-refractivity contribution < 1.29 is 4.39 Å². The number of hydrogen-bond donors (Lipinski definition) is 0. The van der Waals surface area contributed by atoms with Crippen LogP contribution in [-0.2, 0) is 0 Å². The Balaban J connectivity index is 1.59. The zero-order valence-corrected chi connectivity index (χ0v) is 12.4. The summed E-state index contributed by atoms with van der Waals surface area (Å²) in [7, 11) is 0. The van der Waals surface area contributed by atoms with Crippen molar-refractivity contribution in [3.05, 3.63) is 29.6 Å². The molecule has 0 radical (unpaired) electrons. The fraction of sp³-hybridized carbons (Fsp3) is 0.588. The molecule has 2 heterocycles. The molecule has 0 unspecified atom stereocenters. The third-order valence-corrected chi connectivity index (χ3v) is 4.75. The third-order valence-electron chi connectivity index (χ3n) is 4.75. The maximum absolute atomic E-state index is 13.2. The van der Waals surface area contributed by atoms with Gasteiger partial charge in [-0.3, -0.25) is 0 Å². The molecule has 2 aliphatic rings. The Morgan fingerprint density at radius 2 is 1.86 bits per heavy atom. The van der Waals surface area contributed by atoms with E-state index in [2.05, 4.69) is 15.9 Å². The van der Waals surface area contributed by atoms with Crippen molar-refractivity contribution in [1.82, 2.24) is 4.90 Å². The summed E-state index contributed by atoms with van der Waals surface area (Å²) in [6, 6.07) is 6.65. The first-order valence-electron chi connectivity index (χ1n) is 7.93. The summed E-state index contributed by atoms with van der Waals surface area (Å²) < 4.78 is 13.2. The number of anilines is 1. The first kappa shape index (κ1) is 14.3. The maximum atomic E-state index is 13.2. The van der Waals surface area contributed by atoms with Crippen LogP contribution in [-0.4, -0.2) is 37.6 Å². The molecule has 21 heavy (non-hydrogen) atoms. The van der Waals surface area contributed by atoms with Gasteiger partial charge >= 0.3 is 0 Å². The van der Waals surface area contributed by atoms with Gasteiger partial charge in [-0.15, -0.1) is 0 Å². The van der Waals surface area contributed by atoms with Crippen LogP contribution in [0.2, 0.25) is 0 Å². The summed E-state index contributed by atoms with van der Waals surface area (Å²) in [5.41, 5.74) is 1.34. The second kappa shape index (κ2) is 6.44. The molecule has 0 spiro atoms. The summed E-state index contributed by atoms with van der Waals surface area (Å²) >= 11 is 0. The van der Waals surface area contributed by atoms with Crippen LogP contribution in [0.4, 0.5) is 10.1 Å². The fourth-order valence-corrected chi connectivity index (χ4v) is 3.56. The molecule has 3 nitrogen and oxygen atoms in total. The fourth-order valence-electron chi connectivity index (χ4n) is 3.56. The monoisotopic (exact) mass is 287 g/mol. The highest BCUT2D eigenvalue weighted by Crippen LogP contribution is 2.27. The Morgan fingerprint density at radius 1 is 1.14 bits per heavy atom. The standard InChI is InChI=1S/C17H22FN3/c18-16-3-4-17(15(11-16)12-19)21-9-5-14(6-10-21)13-20-7-1-2-8-20/h3-4,11,14H,1-2,5-10,13H2. The lowest BCUT2D eigenvalue weighted by atomic mass is 9.95.